The lowest BCUT2D eigenvalue weighted by molar-refractivity contribution is 0.410. The number of ether oxygens (including phenoxy) is 1. The topological polar surface area (TPSA) is 48.1 Å². The number of nitrogens with zero attached hydrogens (tertiary/aromatic N) is 1. The molecular weight excluding hydrogens is 176 g/mol. The molecule has 1 aromatic rings. The average Bonchev–Trinajstić information content (AvgIpc) is 2.98. The highest BCUT2D eigenvalue weighted by atomic mass is 16.5. The van der Waals surface area contributed by atoms with E-state index < -0.39 is 0 Å². The third kappa shape index (κ3) is 1.38. The first kappa shape index (κ1) is 9.46. The average molecular weight is 192 g/mol. The molecule has 1 saturated carbocycles. The summed E-state index contributed by atoms with van der Waals surface area (Å²) in [5.74, 6) is 0.814. The molecule has 1 unspecified atom stereocenters. The van der Waals surface area contributed by atoms with E-state index in [4.69, 9.17) is 10.5 Å². The van der Waals surface area contributed by atoms with Gasteiger partial charge in [-0.15, -0.1) is 0 Å². The van der Waals surface area contributed by atoms with E-state index in [0.717, 1.165) is 5.75 Å². The summed E-state index contributed by atoms with van der Waals surface area (Å²) in [5.41, 5.74) is 7.37. The Morgan fingerprint density at radius 2 is 2.21 bits per heavy atom. The first-order valence-corrected chi connectivity index (χ1v) is 4.94. The number of methoxy groups -OCH3 is 1. The van der Waals surface area contributed by atoms with Crippen molar-refractivity contribution in [1.82, 2.24) is 4.98 Å². The Hall–Kier alpha value is -1.09. The van der Waals surface area contributed by atoms with Gasteiger partial charge in [-0.3, -0.25) is 4.98 Å². The Bertz CT molecular complexity index is 332. The smallest absolute Gasteiger partial charge is 0.137 e. The van der Waals surface area contributed by atoms with E-state index in [9.17, 15) is 0 Å². The molecule has 0 aromatic carbocycles. The van der Waals surface area contributed by atoms with Crippen LogP contribution in [0, 0.1) is 0 Å². The lowest BCUT2D eigenvalue weighted by Crippen LogP contribution is -2.31. The summed E-state index contributed by atoms with van der Waals surface area (Å²) in [4.78, 5) is 4.16. The summed E-state index contributed by atoms with van der Waals surface area (Å²) in [6, 6.07) is 2.24. The quantitative estimate of drug-likeness (QED) is 0.789. The highest BCUT2D eigenvalue weighted by Crippen LogP contribution is 2.50. The Balaban J connectivity index is 2.32. The van der Waals surface area contributed by atoms with Crippen LogP contribution in [0.2, 0.25) is 0 Å². The molecular formula is C11H16N2O. The van der Waals surface area contributed by atoms with Gasteiger partial charge < -0.3 is 10.5 Å². The summed E-state index contributed by atoms with van der Waals surface area (Å²) in [5, 5.41) is 0. The lowest BCUT2D eigenvalue weighted by Gasteiger charge is -2.19. The van der Waals surface area contributed by atoms with Crippen LogP contribution in [0.3, 0.4) is 0 Å². The van der Waals surface area contributed by atoms with Crippen LogP contribution in [0.4, 0.5) is 0 Å². The molecule has 1 aromatic heterocycles. The molecule has 1 fully saturated rings. The van der Waals surface area contributed by atoms with E-state index in [2.05, 4.69) is 11.9 Å². The van der Waals surface area contributed by atoms with Crippen molar-refractivity contribution >= 4 is 0 Å². The van der Waals surface area contributed by atoms with Crippen molar-refractivity contribution in [2.45, 2.75) is 31.2 Å². The van der Waals surface area contributed by atoms with Crippen LogP contribution >= 0.6 is 0 Å². The van der Waals surface area contributed by atoms with Gasteiger partial charge in [-0.2, -0.15) is 0 Å². The molecule has 0 aliphatic heterocycles. The first-order valence-electron chi connectivity index (χ1n) is 4.94. The van der Waals surface area contributed by atoms with E-state index in [1.165, 1.54) is 18.4 Å². The maximum absolute atomic E-state index is 5.99. The van der Waals surface area contributed by atoms with Gasteiger partial charge in [-0.05, 0) is 31.4 Å². The fraction of sp³-hybridized carbons (Fsp3) is 0.545. The van der Waals surface area contributed by atoms with Gasteiger partial charge in [0.25, 0.3) is 0 Å². The van der Waals surface area contributed by atoms with Gasteiger partial charge in [0.15, 0.2) is 0 Å². The Morgan fingerprint density at radius 3 is 2.71 bits per heavy atom. The minimum atomic E-state index is 0.168. The van der Waals surface area contributed by atoms with Crippen molar-refractivity contribution in [2.75, 3.05) is 7.11 Å². The molecule has 0 bridgehead atoms. The number of hydrogen-bond acceptors (Lipinski definition) is 3. The second-order valence-electron chi connectivity index (χ2n) is 4.06. The molecule has 0 amide bonds. The fourth-order valence-corrected chi connectivity index (χ4v) is 1.94. The van der Waals surface area contributed by atoms with Crippen LogP contribution in [-0.4, -0.2) is 18.1 Å². The zero-order valence-electron chi connectivity index (χ0n) is 8.66. The van der Waals surface area contributed by atoms with Crippen LogP contribution in [0.1, 0.15) is 25.3 Å². The van der Waals surface area contributed by atoms with Gasteiger partial charge in [-0.25, -0.2) is 0 Å². The number of nitrogens with two attached hydrogens (primary N) is 1. The highest BCUT2D eigenvalue weighted by Gasteiger charge is 2.47. The molecule has 2 N–H and O–H groups in total. The zero-order valence-corrected chi connectivity index (χ0v) is 8.66. The molecule has 0 radical (unpaired) electrons. The van der Waals surface area contributed by atoms with Crippen LogP contribution in [0.5, 0.6) is 5.75 Å². The molecule has 1 aliphatic rings. The molecule has 1 aliphatic carbocycles. The number of hydrogen-bond donors (Lipinski definition) is 1. The summed E-state index contributed by atoms with van der Waals surface area (Å²) >= 11 is 0. The van der Waals surface area contributed by atoms with E-state index in [0.29, 0.717) is 0 Å². The molecule has 0 spiro atoms. The number of pyridine rings is 1. The second-order valence-corrected chi connectivity index (χ2v) is 4.06. The molecule has 3 nitrogen and oxygen atoms in total. The Morgan fingerprint density at radius 1 is 1.50 bits per heavy atom. The van der Waals surface area contributed by atoms with Crippen LogP contribution in [0.15, 0.2) is 18.5 Å². The van der Waals surface area contributed by atoms with Crippen LogP contribution in [-0.2, 0) is 5.41 Å². The van der Waals surface area contributed by atoms with Crippen molar-refractivity contribution in [3.05, 3.63) is 24.0 Å². The molecule has 1 heterocycles. The molecule has 14 heavy (non-hydrogen) atoms. The summed E-state index contributed by atoms with van der Waals surface area (Å²) in [6.45, 7) is 2.06. The van der Waals surface area contributed by atoms with Gasteiger partial charge in [0.05, 0.1) is 13.3 Å². The standard InChI is InChI=1S/C11H16N2O/c1-8(12)11(3-4-11)9-5-10(14-2)7-13-6-9/h5-8H,3-4,12H2,1-2H3. The molecule has 0 saturated heterocycles. The SMILES string of the molecule is COc1cncc(C2(C(C)N)CC2)c1. The van der Waals surface area contributed by atoms with E-state index >= 15 is 0 Å². The summed E-state index contributed by atoms with van der Waals surface area (Å²) in [7, 11) is 1.66. The van der Waals surface area contributed by atoms with Gasteiger partial charge >= 0.3 is 0 Å². The molecule has 2 rings (SSSR count). The van der Waals surface area contributed by atoms with Gasteiger partial charge in [-0.1, -0.05) is 0 Å². The first-order chi connectivity index (χ1) is 6.69. The summed E-state index contributed by atoms with van der Waals surface area (Å²) < 4.78 is 5.15. The Labute approximate surface area is 84.3 Å². The highest BCUT2D eigenvalue weighted by molar-refractivity contribution is 5.36. The van der Waals surface area contributed by atoms with Crippen LogP contribution < -0.4 is 10.5 Å². The van der Waals surface area contributed by atoms with Gasteiger partial charge in [0.2, 0.25) is 0 Å². The van der Waals surface area contributed by atoms with Gasteiger partial charge in [0.1, 0.15) is 5.75 Å². The minimum Gasteiger partial charge on any atom is -0.495 e. The normalized spacial score (nSPS) is 20.2. The van der Waals surface area contributed by atoms with E-state index in [1.807, 2.05) is 12.3 Å². The van der Waals surface area contributed by atoms with Crippen molar-refractivity contribution in [3.8, 4) is 5.75 Å². The van der Waals surface area contributed by atoms with Crippen molar-refractivity contribution in [3.63, 3.8) is 0 Å². The van der Waals surface area contributed by atoms with Crippen molar-refractivity contribution < 1.29 is 4.74 Å². The predicted molar refractivity (Wildman–Crippen MR) is 55.4 cm³/mol. The van der Waals surface area contributed by atoms with Crippen molar-refractivity contribution in [2.24, 2.45) is 5.73 Å². The third-order valence-corrected chi connectivity index (χ3v) is 3.18. The fourth-order valence-electron chi connectivity index (χ4n) is 1.94. The molecule has 1 atom stereocenters. The van der Waals surface area contributed by atoms with Crippen molar-refractivity contribution in [1.29, 1.82) is 0 Å². The minimum absolute atomic E-state index is 0.168. The zero-order chi connectivity index (χ0) is 10.2. The molecule has 76 valence electrons. The molecule has 3 heteroatoms. The third-order valence-electron chi connectivity index (χ3n) is 3.18. The Kier molecular flexibility index (Phi) is 2.19. The van der Waals surface area contributed by atoms with E-state index in [-0.39, 0.29) is 11.5 Å². The number of aromatic nitrogens is 1. The van der Waals surface area contributed by atoms with Gasteiger partial charge in [0, 0.05) is 17.7 Å². The summed E-state index contributed by atoms with van der Waals surface area (Å²) in [6.07, 6.45) is 5.96. The maximum Gasteiger partial charge on any atom is 0.137 e. The lowest BCUT2D eigenvalue weighted by atomic mass is 9.91. The largest absolute Gasteiger partial charge is 0.495 e. The monoisotopic (exact) mass is 192 g/mol. The number of rotatable bonds is 3. The van der Waals surface area contributed by atoms with Crippen LogP contribution in [0.25, 0.3) is 0 Å². The maximum atomic E-state index is 5.99. The predicted octanol–water partition coefficient (Wildman–Crippen LogP) is 1.47. The van der Waals surface area contributed by atoms with E-state index in [1.54, 1.807) is 13.3 Å². The second kappa shape index (κ2) is 3.24.